The second-order valence-corrected chi connectivity index (χ2v) is 6.65. The smallest absolute Gasteiger partial charge is 0.315 e. The highest BCUT2D eigenvalue weighted by Crippen LogP contribution is 2.43. The van der Waals surface area contributed by atoms with Crippen LogP contribution in [-0.4, -0.2) is 12.6 Å². The molecule has 21 heavy (non-hydrogen) atoms. The number of amides is 2. The van der Waals surface area contributed by atoms with E-state index in [1.165, 1.54) is 16.9 Å². The molecule has 1 aliphatic carbocycles. The Morgan fingerprint density at radius 1 is 1.10 bits per heavy atom. The molecule has 110 valence electrons. The van der Waals surface area contributed by atoms with Crippen molar-refractivity contribution in [2.45, 2.75) is 31.2 Å². The number of nitrogens with one attached hydrogen (secondary N) is 2. The molecule has 4 heteroatoms. The second-order valence-electron chi connectivity index (χ2n) is 5.62. The Hall–Kier alpha value is -1.81. The summed E-state index contributed by atoms with van der Waals surface area (Å²) in [4.78, 5) is 13.1. The number of carbonyl (C=O) groups excluding carboxylic acids is 1. The molecule has 1 aliphatic rings. The van der Waals surface area contributed by atoms with Gasteiger partial charge in [-0.3, -0.25) is 0 Å². The number of urea groups is 1. The molecule has 1 aromatic heterocycles. The van der Waals surface area contributed by atoms with Crippen molar-refractivity contribution in [3.8, 4) is 0 Å². The van der Waals surface area contributed by atoms with E-state index in [1.54, 1.807) is 11.3 Å². The quantitative estimate of drug-likeness (QED) is 0.869. The van der Waals surface area contributed by atoms with Crippen LogP contribution >= 0.6 is 11.3 Å². The molecule has 1 heterocycles. The van der Waals surface area contributed by atoms with Gasteiger partial charge in [0.05, 0.1) is 6.54 Å². The van der Waals surface area contributed by atoms with Gasteiger partial charge in [0.1, 0.15) is 0 Å². The highest BCUT2D eigenvalue weighted by molar-refractivity contribution is 7.09. The van der Waals surface area contributed by atoms with E-state index in [0.29, 0.717) is 13.1 Å². The van der Waals surface area contributed by atoms with E-state index in [4.69, 9.17) is 0 Å². The average Bonchev–Trinajstić information content (AvgIpc) is 2.98. The molecule has 1 fully saturated rings. The molecule has 0 spiro atoms. The minimum absolute atomic E-state index is 0.0781. The monoisotopic (exact) mass is 300 g/mol. The topological polar surface area (TPSA) is 41.1 Å². The van der Waals surface area contributed by atoms with E-state index >= 15 is 0 Å². The normalized spacial score (nSPS) is 16.0. The number of carbonyl (C=O) groups is 1. The van der Waals surface area contributed by atoms with E-state index in [-0.39, 0.29) is 11.4 Å². The van der Waals surface area contributed by atoms with Crippen LogP contribution in [0.2, 0.25) is 0 Å². The highest BCUT2D eigenvalue weighted by Gasteiger charge is 2.38. The summed E-state index contributed by atoms with van der Waals surface area (Å²) in [5.41, 5.74) is 1.48. The summed E-state index contributed by atoms with van der Waals surface area (Å²) < 4.78 is 0. The van der Waals surface area contributed by atoms with E-state index in [9.17, 15) is 4.79 Å². The standard InChI is InChI=1S/C17H20N2OS/c20-16(18-12-15-8-4-11-21-15)19-13-17(9-5-10-17)14-6-2-1-3-7-14/h1-4,6-8,11H,5,9-10,12-13H2,(H2,18,19,20). The van der Waals surface area contributed by atoms with Crippen LogP contribution in [-0.2, 0) is 12.0 Å². The van der Waals surface area contributed by atoms with E-state index in [1.807, 2.05) is 23.6 Å². The minimum atomic E-state index is -0.0781. The van der Waals surface area contributed by atoms with Gasteiger partial charge in [0.15, 0.2) is 0 Å². The lowest BCUT2D eigenvalue weighted by atomic mass is 9.64. The first-order valence-electron chi connectivity index (χ1n) is 7.38. The zero-order valence-electron chi connectivity index (χ0n) is 12.0. The van der Waals surface area contributed by atoms with Gasteiger partial charge in [-0.25, -0.2) is 4.79 Å². The number of hydrogen-bond acceptors (Lipinski definition) is 2. The van der Waals surface area contributed by atoms with Crippen molar-refractivity contribution in [3.63, 3.8) is 0 Å². The Kier molecular flexibility index (Phi) is 4.25. The maximum Gasteiger partial charge on any atom is 0.315 e. The summed E-state index contributed by atoms with van der Waals surface area (Å²) in [5.74, 6) is 0. The van der Waals surface area contributed by atoms with Crippen LogP contribution in [0.15, 0.2) is 47.8 Å². The average molecular weight is 300 g/mol. The summed E-state index contributed by atoms with van der Waals surface area (Å²) >= 11 is 1.66. The summed E-state index contributed by atoms with van der Waals surface area (Å²) in [6, 6.07) is 14.5. The first-order valence-corrected chi connectivity index (χ1v) is 8.26. The fourth-order valence-electron chi connectivity index (χ4n) is 2.86. The maximum atomic E-state index is 11.9. The van der Waals surface area contributed by atoms with Crippen molar-refractivity contribution >= 4 is 17.4 Å². The number of benzene rings is 1. The molecule has 2 N–H and O–H groups in total. The number of thiophene rings is 1. The van der Waals surface area contributed by atoms with Crippen LogP contribution < -0.4 is 10.6 Å². The Balaban J connectivity index is 1.52. The predicted octanol–water partition coefficient (Wildman–Crippen LogP) is 3.67. The molecule has 2 aromatic rings. The lowest BCUT2D eigenvalue weighted by Gasteiger charge is -2.42. The Labute approximate surface area is 129 Å². The molecule has 0 saturated heterocycles. The van der Waals surface area contributed by atoms with Gasteiger partial charge in [-0.1, -0.05) is 42.8 Å². The summed E-state index contributed by atoms with van der Waals surface area (Å²) in [7, 11) is 0. The molecule has 1 aromatic carbocycles. The van der Waals surface area contributed by atoms with Crippen LogP contribution in [0.4, 0.5) is 4.79 Å². The Bertz CT molecular complexity index is 576. The van der Waals surface area contributed by atoms with Crippen molar-refractivity contribution in [1.82, 2.24) is 10.6 Å². The van der Waals surface area contributed by atoms with Crippen LogP contribution in [0.3, 0.4) is 0 Å². The first-order chi connectivity index (χ1) is 10.3. The molecular weight excluding hydrogens is 280 g/mol. The number of hydrogen-bond donors (Lipinski definition) is 2. The molecule has 0 radical (unpaired) electrons. The van der Waals surface area contributed by atoms with Gasteiger partial charge >= 0.3 is 6.03 Å². The molecule has 3 nitrogen and oxygen atoms in total. The second kappa shape index (κ2) is 6.31. The van der Waals surface area contributed by atoms with Gasteiger partial charge in [0.2, 0.25) is 0 Å². The fraction of sp³-hybridized carbons (Fsp3) is 0.353. The molecule has 1 saturated carbocycles. The van der Waals surface area contributed by atoms with Crippen LogP contribution in [0.1, 0.15) is 29.7 Å². The lowest BCUT2D eigenvalue weighted by Crippen LogP contribution is -2.48. The Morgan fingerprint density at radius 2 is 1.90 bits per heavy atom. The van der Waals surface area contributed by atoms with Crippen LogP contribution in [0, 0.1) is 0 Å². The molecule has 0 unspecified atom stereocenters. The van der Waals surface area contributed by atoms with Crippen LogP contribution in [0.25, 0.3) is 0 Å². The molecular formula is C17H20N2OS. The first kappa shape index (κ1) is 14.1. The molecule has 3 rings (SSSR count). The van der Waals surface area contributed by atoms with Gasteiger partial charge in [0.25, 0.3) is 0 Å². The third-order valence-corrected chi connectivity index (χ3v) is 5.16. The van der Waals surface area contributed by atoms with Gasteiger partial charge in [-0.2, -0.15) is 0 Å². The van der Waals surface area contributed by atoms with Crippen molar-refractivity contribution in [3.05, 3.63) is 58.3 Å². The highest BCUT2D eigenvalue weighted by atomic mass is 32.1. The zero-order chi connectivity index (χ0) is 14.5. The Morgan fingerprint density at radius 3 is 2.52 bits per heavy atom. The van der Waals surface area contributed by atoms with E-state index in [0.717, 1.165) is 12.8 Å². The van der Waals surface area contributed by atoms with Crippen molar-refractivity contribution in [2.24, 2.45) is 0 Å². The minimum Gasteiger partial charge on any atom is -0.337 e. The van der Waals surface area contributed by atoms with Crippen molar-refractivity contribution < 1.29 is 4.79 Å². The zero-order valence-corrected chi connectivity index (χ0v) is 12.8. The van der Waals surface area contributed by atoms with Gasteiger partial charge in [-0.05, 0) is 29.9 Å². The largest absolute Gasteiger partial charge is 0.337 e. The maximum absolute atomic E-state index is 11.9. The number of rotatable bonds is 5. The molecule has 0 aliphatic heterocycles. The van der Waals surface area contributed by atoms with Gasteiger partial charge in [-0.15, -0.1) is 11.3 Å². The summed E-state index contributed by atoms with van der Waals surface area (Å²) in [6.07, 6.45) is 3.55. The molecule has 0 atom stereocenters. The fourth-order valence-corrected chi connectivity index (χ4v) is 3.50. The summed E-state index contributed by atoms with van der Waals surface area (Å²) in [6.45, 7) is 1.31. The lowest BCUT2D eigenvalue weighted by molar-refractivity contribution is 0.214. The van der Waals surface area contributed by atoms with Crippen molar-refractivity contribution in [1.29, 1.82) is 0 Å². The van der Waals surface area contributed by atoms with Gasteiger partial charge in [0, 0.05) is 16.8 Å². The third-order valence-electron chi connectivity index (χ3n) is 4.29. The molecule has 0 bridgehead atoms. The van der Waals surface area contributed by atoms with Gasteiger partial charge < -0.3 is 10.6 Å². The van der Waals surface area contributed by atoms with Crippen molar-refractivity contribution in [2.75, 3.05) is 6.54 Å². The van der Waals surface area contributed by atoms with Crippen LogP contribution in [0.5, 0.6) is 0 Å². The SMILES string of the molecule is O=C(NCc1cccs1)NCC1(c2ccccc2)CCC1. The molecule has 2 amide bonds. The summed E-state index contributed by atoms with van der Waals surface area (Å²) in [5, 5.41) is 7.98. The predicted molar refractivity (Wildman–Crippen MR) is 86.5 cm³/mol. The third kappa shape index (κ3) is 3.27. The van der Waals surface area contributed by atoms with E-state index in [2.05, 4.69) is 34.9 Å². The van der Waals surface area contributed by atoms with E-state index < -0.39 is 0 Å².